The summed E-state index contributed by atoms with van der Waals surface area (Å²) < 4.78 is 9.46. The monoisotopic (exact) mass is 487 g/mol. The third-order valence-electron chi connectivity index (χ3n) is 6.89. The molecule has 5 heterocycles. The Kier molecular flexibility index (Phi) is 5.91. The molecule has 13 nitrogen and oxygen atoms in total. The highest BCUT2D eigenvalue weighted by Gasteiger charge is 2.36. The average molecular weight is 488 g/mol. The summed E-state index contributed by atoms with van der Waals surface area (Å²) in [6, 6.07) is 9.99. The molecule has 0 unspecified atom stereocenters. The van der Waals surface area contributed by atoms with Crippen molar-refractivity contribution < 1.29 is 9.53 Å². The molecular formula is C23H25N11O2. The summed E-state index contributed by atoms with van der Waals surface area (Å²) in [6.45, 7) is 5.61. The van der Waals surface area contributed by atoms with Crippen molar-refractivity contribution in [2.24, 2.45) is 0 Å². The summed E-state index contributed by atoms with van der Waals surface area (Å²) in [5, 5.41) is 22.6. The number of benzene rings is 1. The molecule has 13 heteroatoms. The number of aromatic nitrogens is 9. The average Bonchev–Trinajstić information content (AvgIpc) is 3.64. The summed E-state index contributed by atoms with van der Waals surface area (Å²) in [7, 11) is 0. The number of pyridine rings is 1. The molecule has 4 aromatic rings. The van der Waals surface area contributed by atoms with Gasteiger partial charge in [-0.2, -0.15) is 4.68 Å². The van der Waals surface area contributed by atoms with Crippen LogP contribution in [0.15, 0.2) is 49.2 Å². The molecule has 2 aliphatic rings. The van der Waals surface area contributed by atoms with Crippen LogP contribution >= 0.6 is 0 Å². The summed E-state index contributed by atoms with van der Waals surface area (Å²) in [5.41, 5.74) is 4.04. The third-order valence-corrected chi connectivity index (χ3v) is 6.89. The highest BCUT2D eigenvalue weighted by atomic mass is 16.5. The maximum Gasteiger partial charge on any atom is 0.227 e. The maximum atomic E-state index is 13.0. The van der Waals surface area contributed by atoms with Gasteiger partial charge in [0.1, 0.15) is 12.7 Å². The molecule has 0 bridgehead atoms. The molecule has 0 N–H and O–H groups in total. The number of nitrogens with zero attached hydrogens (tertiary/aromatic N) is 11. The van der Waals surface area contributed by atoms with Crippen LogP contribution in [0.5, 0.6) is 0 Å². The van der Waals surface area contributed by atoms with E-state index in [9.17, 15) is 4.79 Å². The van der Waals surface area contributed by atoms with Crippen molar-refractivity contribution in [3.8, 4) is 11.5 Å². The van der Waals surface area contributed by atoms with E-state index < -0.39 is 0 Å². The standard InChI is InChI=1S/C23H25N11O2/c1-16-19(3-2-4-20(16)33-14-25-27-29-33)21-12-31-7-8-32(11-18(31)13-36-21)23(35)9-17-5-6-22(24-10-17)34-15-26-28-30-34/h2-6,10,14-15,18,21H,7-9,11-13H2,1H3/t18-,21-/m0/s1. The van der Waals surface area contributed by atoms with Crippen LogP contribution < -0.4 is 0 Å². The van der Waals surface area contributed by atoms with Crippen LogP contribution in [0.1, 0.15) is 22.8 Å². The molecule has 0 aliphatic carbocycles. The Morgan fingerprint density at radius 1 is 1.03 bits per heavy atom. The van der Waals surface area contributed by atoms with E-state index in [1.54, 1.807) is 17.2 Å². The fourth-order valence-electron chi connectivity index (χ4n) is 4.92. The first-order valence-corrected chi connectivity index (χ1v) is 11.8. The molecule has 2 saturated heterocycles. The van der Waals surface area contributed by atoms with Crippen molar-refractivity contribution in [3.63, 3.8) is 0 Å². The zero-order valence-electron chi connectivity index (χ0n) is 19.8. The second-order valence-electron chi connectivity index (χ2n) is 9.01. The highest BCUT2D eigenvalue weighted by molar-refractivity contribution is 5.79. The van der Waals surface area contributed by atoms with Crippen molar-refractivity contribution >= 4 is 5.91 Å². The van der Waals surface area contributed by atoms with Gasteiger partial charge in [-0.05, 0) is 56.6 Å². The largest absolute Gasteiger partial charge is 0.370 e. The van der Waals surface area contributed by atoms with Crippen LogP contribution in [0.2, 0.25) is 0 Å². The van der Waals surface area contributed by atoms with Crippen LogP contribution in [0.25, 0.3) is 11.5 Å². The van der Waals surface area contributed by atoms with Crippen LogP contribution in [0, 0.1) is 6.92 Å². The van der Waals surface area contributed by atoms with Gasteiger partial charge < -0.3 is 9.64 Å². The number of hydrogen-bond acceptors (Lipinski definition) is 10. The van der Waals surface area contributed by atoms with Crippen LogP contribution in [-0.2, 0) is 16.0 Å². The Bertz CT molecular complexity index is 1320. The van der Waals surface area contributed by atoms with E-state index in [1.807, 2.05) is 29.2 Å². The van der Waals surface area contributed by atoms with Gasteiger partial charge in [-0.1, -0.05) is 18.2 Å². The zero-order valence-corrected chi connectivity index (χ0v) is 19.8. The molecule has 2 aliphatic heterocycles. The minimum absolute atomic E-state index is 0.0373. The third kappa shape index (κ3) is 4.33. The molecular weight excluding hydrogens is 462 g/mol. The summed E-state index contributed by atoms with van der Waals surface area (Å²) in [4.78, 5) is 21.7. The second kappa shape index (κ2) is 9.51. The lowest BCUT2D eigenvalue weighted by Gasteiger charge is -2.46. The van der Waals surface area contributed by atoms with Gasteiger partial charge in [-0.15, -0.1) is 10.2 Å². The number of amides is 1. The van der Waals surface area contributed by atoms with E-state index in [0.717, 1.165) is 35.5 Å². The number of morpholine rings is 1. The lowest BCUT2D eigenvalue weighted by Crippen LogP contribution is -2.59. The first-order chi connectivity index (χ1) is 17.7. The molecule has 0 radical (unpaired) electrons. The number of ether oxygens (including phenoxy) is 1. The van der Waals surface area contributed by atoms with Crippen LogP contribution in [0.4, 0.5) is 0 Å². The molecule has 0 spiro atoms. The van der Waals surface area contributed by atoms with Gasteiger partial charge >= 0.3 is 0 Å². The number of fused-ring (bicyclic) bond motifs is 1. The maximum absolute atomic E-state index is 13.0. The van der Waals surface area contributed by atoms with Gasteiger partial charge in [0.05, 0.1) is 30.9 Å². The number of tetrazole rings is 2. The molecule has 2 atom stereocenters. The smallest absolute Gasteiger partial charge is 0.227 e. The van der Waals surface area contributed by atoms with E-state index in [0.29, 0.717) is 31.9 Å². The first kappa shape index (κ1) is 22.4. The van der Waals surface area contributed by atoms with E-state index in [4.69, 9.17) is 4.74 Å². The Hall–Kier alpha value is -4.10. The van der Waals surface area contributed by atoms with Crippen molar-refractivity contribution in [3.05, 3.63) is 65.9 Å². The topological polar surface area (TPSA) is 133 Å². The minimum Gasteiger partial charge on any atom is -0.370 e. The lowest BCUT2D eigenvalue weighted by atomic mass is 9.98. The Labute approximate surface area is 206 Å². The Balaban J connectivity index is 1.07. The molecule has 3 aromatic heterocycles. The molecule has 184 valence electrons. The van der Waals surface area contributed by atoms with Crippen molar-refractivity contribution in [1.82, 2.24) is 55.2 Å². The van der Waals surface area contributed by atoms with Gasteiger partial charge in [0, 0.05) is 32.4 Å². The predicted octanol–water partition coefficient (Wildman–Crippen LogP) is 0.168. The van der Waals surface area contributed by atoms with Crippen molar-refractivity contribution in [2.75, 3.05) is 32.8 Å². The molecule has 2 fully saturated rings. The highest BCUT2D eigenvalue weighted by Crippen LogP contribution is 2.31. The predicted molar refractivity (Wildman–Crippen MR) is 125 cm³/mol. The SMILES string of the molecule is Cc1c([C@@H]2CN3CCN(C(=O)Cc4ccc(-n5cnnn5)nc4)C[C@H]3CO2)cccc1-n1cnnn1. The molecule has 0 saturated carbocycles. The van der Waals surface area contributed by atoms with Gasteiger partial charge in [0.15, 0.2) is 5.82 Å². The van der Waals surface area contributed by atoms with Crippen molar-refractivity contribution in [1.29, 1.82) is 0 Å². The van der Waals surface area contributed by atoms with E-state index in [2.05, 4.69) is 53.9 Å². The summed E-state index contributed by atoms with van der Waals surface area (Å²) >= 11 is 0. The fraction of sp³-hybridized carbons (Fsp3) is 0.391. The van der Waals surface area contributed by atoms with Gasteiger partial charge in [-0.25, -0.2) is 9.67 Å². The summed E-state index contributed by atoms with van der Waals surface area (Å²) in [5.74, 6) is 0.705. The fourth-order valence-corrected chi connectivity index (χ4v) is 4.92. The molecule has 36 heavy (non-hydrogen) atoms. The first-order valence-electron chi connectivity index (χ1n) is 11.8. The number of hydrogen-bond donors (Lipinski definition) is 0. The van der Waals surface area contributed by atoms with Crippen LogP contribution in [-0.4, -0.2) is 99.9 Å². The second-order valence-corrected chi connectivity index (χ2v) is 9.01. The molecule has 1 amide bonds. The number of carbonyl (C=O) groups is 1. The van der Waals surface area contributed by atoms with E-state index in [1.165, 1.54) is 11.0 Å². The number of carbonyl (C=O) groups excluding carboxylic acids is 1. The van der Waals surface area contributed by atoms with Gasteiger partial charge in [0.2, 0.25) is 5.91 Å². The Morgan fingerprint density at radius 2 is 1.86 bits per heavy atom. The number of piperazine rings is 1. The van der Waals surface area contributed by atoms with Gasteiger partial charge in [0.25, 0.3) is 0 Å². The minimum atomic E-state index is -0.0373. The molecule has 1 aromatic carbocycles. The quantitative estimate of drug-likeness (QED) is 0.383. The Morgan fingerprint density at radius 3 is 2.61 bits per heavy atom. The number of rotatable bonds is 5. The normalized spacial score (nSPS) is 20.3. The summed E-state index contributed by atoms with van der Waals surface area (Å²) in [6.07, 6.45) is 5.05. The van der Waals surface area contributed by atoms with E-state index >= 15 is 0 Å². The van der Waals surface area contributed by atoms with E-state index in [-0.39, 0.29) is 18.1 Å². The zero-order chi connectivity index (χ0) is 24.5. The molecule has 6 rings (SSSR count). The lowest BCUT2D eigenvalue weighted by molar-refractivity contribution is -0.139. The van der Waals surface area contributed by atoms with Gasteiger partial charge in [-0.3, -0.25) is 9.69 Å². The van der Waals surface area contributed by atoms with Crippen molar-refractivity contribution in [2.45, 2.75) is 25.5 Å². The van der Waals surface area contributed by atoms with Crippen LogP contribution in [0.3, 0.4) is 0 Å².